The van der Waals surface area contributed by atoms with Gasteiger partial charge in [0.1, 0.15) is 22.9 Å². The topological polar surface area (TPSA) is 75.0 Å². The third kappa shape index (κ3) is 3.95. The van der Waals surface area contributed by atoms with E-state index in [-0.39, 0.29) is 11.6 Å². The largest absolute Gasteiger partial charge is 0.328 e. The molecule has 7 rings (SSSR count). The summed E-state index contributed by atoms with van der Waals surface area (Å²) >= 11 is 0. The molecule has 0 bridgehead atoms. The van der Waals surface area contributed by atoms with Crippen LogP contribution in [0.2, 0.25) is 0 Å². The maximum Gasteiger partial charge on any atom is 0.229 e. The number of nitrogens with one attached hydrogen (secondary N) is 1. The van der Waals surface area contributed by atoms with Crippen LogP contribution in [-0.2, 0) is 19.5 Å². The molecule has 3 aromatic heterocycles. The third-order valence-electron chi connectivity index (χ3n) is 7.84. The molecule has 1 spiro atoms. The molecule has 0 atom stereocenters. The van der Waals surface area contributed by atoms with Gasteiger partial charge in [0.25, 0.3) is 0 Å². The molecular weight excluding hydrogens is 474 g/mol. The molecule has 0 radical (unpaired) electrons. The van der Waals surface area contributed by atoms with Gasteiger partial charge in [0.15, 0.2) is 11.6 Å². The molecule has 0 amide bonds. The first-order valence-electron chi connectivity index (χ1n) is 12.9. The van der Waals surface area contributed by atoms with Crippen LogP contribution in [0.5, 0.6) is 0 Å². The molecule has 0 unspecified atom stereocenters. The number of aryl methyl sites for hydroxylation is 2. The average Bonchev–Trinajstić information content (AvgIpc) is 3.44. The fraction of sp³-hybridized carbons (Fsp3) is 0.407. The number of halogens is 2. The number of hydrogen-bond acceptors (Lipinski definition) is 7. The van der Waals surface area contributed by atoms with Crippen LogP contribution in [0.15, 0.2) is 36.7 Å². The minimum Gasteiger partial charge on any atom is -0.328 e. The van der Waals surface area contributed by atoms with Gasteiger partial charge in [0.05, 0.1) is 11.7 Å². The van der Waals surface area contributed by atoms with Gasteiger partial charge in [-0.05, 0) is 36.7 Å². The molecule has 1 N–H and O–H groups in total. The van der Waals surface area contributed by atoms with Crippen LogP contribution in [0.3, 0.4) is 0 Å². The zero-order valence-electron chi connectivity index (χ0n) is 20.7. The van der Waals surface area contributed by atoms with E-state index in [1.807, 2.05) is 22.9 Å². The highest BCUT2D eigenvalue weighted by molar-refractivity contribution is 5.83. The third-order valence-corrected chi connectivity index (χ3v) is 7.84. The SMILES string of the molecule is CCN1CC2(C1)CN(Cc1ccc(Nc3ncc(F)c(-c4cc(F)c5nc6n(c5c4)CCC6)n3)nc1)C2. The Kier molecular flexibility index (Phi) is 5.23. The summed E-state index contributed by atoms with van der Waals surface area (Å²) in [7, 11) is 0. The van der Waals surface area contributed by atoms with E-state index >= 15 is 0 Å². The molecule has 1 aromatic carbocycles. The molecule has 3 aliphatic heterocycles. The van der Waals surface area contributed by atoms with Crippen LogP contribution in [0.25, 0.3) is 22.3 Å². The van der Waals surface area contributed by atoms with E-state index in [2.05, 4.69) is 42.0 Å². The lowest BCUT2D eigenvalue weighted by atomic mass is 9.73. The highest BCUT2D eigenvalue weighted by Gasteiger charge is 2.50. The number of likely N-dealkylation sites (tertiary alicyclic amines) is 2. The van der Waals surface area contributed by atoms with Gasteiger partial charge in [-0.2, -0.15) is 0 Å². The lowest BCUT2D eigenvalue weighted by molar-refractivity contribution is -0.116. The highest BCUT2D eigenvalue weighted by atomic mass is 19.1. The second-order valence-electron chi connectivity index (χ2n) is 10.6. The second kappa shape index (κ2) is 8.53. The maximum atomic E-state index is 14.8. The van der Waals surface area contributed by atoms with Gasteiger partial charge in [-0.25, -0.2) is 28.7 Å². The van der Waals surface area contributed by atoms with Crippen molar-refractivity contribution < 1.29 is 8.78 Å². The first-order chi connectivity index (χ1) is 18.0. The van der Waals surface area contributed by atoms with E-state index in [9.17, 15) is 8.78 Å². The summed E-state index contributed by atoms with van der Waals surface area (Å²) in [5.41, 5.74) is 3.03. The fourth-order valence-electron chi connectivity index (χ4n) is 6.14. The quantitative estimate of drug-likeness (QED) is 0.427. The Morgan fingerprint density at radius 3 is 2.59 bits per heavy atom. The minimum atomic E-state index is -0.616. The van der Waals surface area contributed by atoms with Gasteiger partial charge in [0.2, 0.25) is 5.95 Å². The molecule has 10 heteroatoms. The predicted molar refractivity (Wildman–Crippen MR) is 136 cm³/mol. The van der Waals surface area contributed by atoms with Crippen LogP contribution in [0, 0.1) is 17.0 Å². The Morgan fingerprint density at radius 2 is 1.81 bits per heavy atom. The monoisotopic (exact) mass is 502 g/mol. The van der Waals surface area contributed by atoms with Gasteiger partial charge in [0, 0.05) is 62.9 Å². The lowest BCUT2D eigenvalue weighted by Gasteiger charge is -2.60. The Bertz CT molecular complexity index is 1480. The van der Waals surface area contributed by atoms with Crippen molar-refractivity contribution in [3.05, 3.63) is 59.7 Å². The van der Waals surface area contributed by atoms with Gasteiger partial charge < -0.3 is 14.8 Å². The van der Waals surface area contributed by atoms with Crippen LogP contribution in [-0.4, -0.2) is 67.0 Å². The molecule has 3 aliphatic rings. The Balaban J connectivity index is 1.06. The van der Waals surface area contributed by atoms with E-state index in [0.717, 1.165) is 63.2 Å². The van der Waals surface area contributed by atoms with E-state index in [0.29, 0.717) is 27.8 Å². The first kappa shape index (κ1) is 22.7. The first-order valence-corrected chi connectivity index (χ1v) is 12.9. The van der Waals surface area contributed by atoms with Crippen LogP contribution < -0.4 is 5.32 Å². The van der Waals surface area contributed by atoms with E-state index in [1.165, 1.54) is 19.2 Å². The van der Waals surface area contributed by atoms with Crippen molar-refractivity contribution in [3.8, 4) is 11.3 Å². The number of benzene rings is 1. The normalized spacial score (nSPS) is 18.7. The van der Waals surface area contributed by atoms with Crippen molar-refractivity contribution in [3.63, 3.8) is 0 Å². The molecule has 0 saturated carbocycles. The molecule has 37 heavy (non-hydrogen) atoms. The molecule has 190 valence electrons. The smallest absolute Gasteiger partial charge is 0.229 e. The van der Waals surface area contributed by atoms with E-state index < -0.39 is 11.6 Å². The maximum absolute atomic E-state index is 14.8. The standard InChI is InChI=1S/C27H28F2N8/c1-2-35-13-27(14-35)15-36(16-27)12-17-5-6-22(30-10-17)32-26-31-11-20(29)24(34-26)18-8-19(28)25-21(9-18)37-7-3-4-23(37)33-25/h5-6,8-11H,2-4,7,12-16H2,1H3,(H,30,31,32,34). The van der Waals surface area contributed by atoms with Crippen molar-refractivity contribution in [2.24, 2.45) is 5.41 Å². The number of hydrogen-bond donors (Lipinski definition) is 1. The zero-order valence-corrected chi connectivity index (χ0v) is 20.7. The number of imidazole rings is 1. The van der Waals surface area contributed by atoms with Crippen molar-refractivity contribution in [1.29, 1.82) is 0 Å². The van der Waals surface area contributed by atoms with Crippen molar-refractivity contribution in [2.45, 2.75) is 32.9 Å². The van der Waals surface area contributed by atoms with Gasteiger partial charge in [-0.15, -0.1) is 0 Å². The second-order valence-corrected chi connectivity index (χ2v) is 10.6. The Labute approximate surface area is 213 Å². The molecular formula is C27H28F2N8. The summed E-state index contributed by atoms with van der Waals surface area (Å²) in [4.78, 5) is 22.3. The van der Waals surface area contributed by atoms with E-state index in [4.69, 9.17) is 0 Å². The molecule has 2 fully saturated rings. The highest BCUT2D eigenvalue weighted by Crippen LogP contribution is 2.40. The number of pyridine rings is 1. The van der Waals surface area contributed by atoms with Gasteiger partial charge in [-0.1, -0.05) is 13.0 Å². The number of aromatic nitrogens is 5. The number of anilines is 2. The Morgan fingerprint density at radius 1 is 0.973 bits per heavy atom. The summed E-state index contributed by atoms with van der Waals surface area (Å²) in [6.07, 6.45) is 4.74. The summed E-state index contributed by atoms with van der Waals surface area (Å²) in [6.45, 7) is 9.73. The Hall–Kier alpha value is -3.50. The summed E-state index contributed by atoms with van der Waals surface area (Å²) in [6, 6.07) is 6.95. The van der Waals surface area contributed by atoms with Gasteiger partial charge >= 0.3 is 0 Å². The molecule has 2 saturated heterocycles. The van der Waals surface area contributed by atoms with Crippen molar-refractivity contribution in [2.75, 3.05) is 38.0 Å². The fourth-order valence-corrected chi connectivity index (χ4v) is 6.14. The molecule has 0 aliphatic carbocycles. The van der Waals surface area contributed by atoms with Crippen LogP contribution in [0.4, 0.5) is 20.5 Å². The zero-order chi connectivity index (χ0) is 25.1. The lowest BCUT2D eigenvalue weighted by Crippen LogP contribution is -2.71. The summed E-state index contributed by atoms with van der Waals surface area (Å²) in [5.74, 6) is 0.535. The molecule has 8 nitrogen and oxygen atoms in total. The summed E-state index contributed by atoms with van der Waals surface area (Å²) < 4.78 is 31.6. The van der Waals surface area contributed by atoms with Gasteiger partial charge in [-0.3, -0.25) is 4.90 Å². The predicted octanol–water partition coefficient (Wildman–Crippen LogP) is 3.99. The van der Waals surface area contributed by atoms with Crippen molar-refractivity contribution in [1.82, 2.24) is 34.3 Å². The van der Waals surface area contributed by atoms with Crippen LogP contribution in [0.1, 0.15) is 24.7 Å². The minimum absolute atomic E-state index is 0.0350. The molecule has 6 heterocycles. The average molecular weight is 503 g/mol. The number of rotatable bonds is 6. The number of nitrogens with zero attached hydrogens (tertiary/aromatic N) is 7. The van der Waals surface area contributed by atoms with E-state index in [1.54, 1.807) is 6.07 Å². The summed E-state index contributed by atoms with van der Waals surface area (Å²) in [5, 5.41) is 3.05. The molecule has 4 aromatic rings. The van der Waals surface area contributed by atoms with Crippen molar-refractivity contribution >= 4 is 22.8 Å². The van der Waals surface area contributed by atoms with Crippen LogP contribution >= 0.6 is 0 Å². The number of fused-ring (bicyclic) bond motifs is 3.